The minimum absolute atomic E-state index is 0.194. The van der Waals surface area contributed by atoms with Crippen molar-refractivity contribution >= 4 is 11.6 Å². The van der Waals surface area contributed by atoms with Crippen LogP contribution in [-0.4, -0.2) is 30.4 Å². The summed E-state index contributed by atoms with van der Waals surface area (Å²) in [5.41, 5.74) is 1.28. The summed E-state index contributed by atoms with van der Waals surface area (Å²) in [4.78, 5) is 13.9. The first-order valence-corrected chi connectivity index (χ1v) is 6.14. The van der Waals surface area contributed by atoms with Crippen LogP contribution < -0.4 is 5.32 Å². The number of nitrogens with one attached hydrogen (secondary N) is 1. The standard InChI is InChI=1S/C14H20N2O/c1-14(2)8-9-16(11-14)13(17)10-15-12-6-4-3-5-7-12/h3-7,15H,8-11H2,1-2H3. The molecule has 0 radical (unpaired) electrons. The van der Waals surface area contributed by atoms with Gasteiger partial charge in [-0.2, -0.15) is 0 Å². The maximum absolute atomic E-state index is 12.0. The van der Waals surface area contributed by atoms with Gasteiger partial charge in [-0.3, -0.25) is 4.79 Å². The van der Waals surface area contributed by atoms with E-state index < -0.39 is 0 Å². The van der Waals surface area contributed by atoms with E-state index in [2.05, 4.69) is 19.2 Å². The van der Waals surface area contributed by atoms with Crippen LogP contribution in [0.1, 0.15) is 20.3 Å². The molecule has 0 spiro atoms. The molecule has 1 heterocycles. The summed E-state index contributed by atoms with van der Waals surface area (Å²) in [5, 5.41) is 3.16. The lowest BCUT2D eigenvalue weighted by atomic mass is 9.93. The normalized spacial score (nSPS) is 18.1. The van der Waals surface area contributed by atoms with Gasteiger partial charge in [0.2, 0.25) is 5.91 Å². The van der Waals surface area contributed by atoms with Crippen molar-refractivity contribution in [3.8, 4) is 0 Å². The topological polar surface area (TPSA) is 32.3 Å². The van der Waals surface area contributed by atoms with Crippen molar-refractivity contribution in [2.45, 2.75) is 20.3 Å². The number of nitrogens with zero attached hydrogens (tertiary/aromatic N) is 1. The van der Waals surface area contributed by atoms with Gasteiger partial charge in [0.05, 0.1) is 6.54 Å². The minimum atomic E-state index is 0.194. The van der Waals surface area contributed by atoms with Crippen molar-refractivity contribution < 1.29 is 4.79 Å². The Labute approximate surface area is 103 Å². The number of hydrogen-bond donors (Lipinski definition) is 1. The maximum atomic E-state index is 12.0. The van der Waals surface area contributed by atoms with Crippen LogP contribution in [0.4, 0.5) is 5.69 Å². The second-order valence-corrected chi connectivity index (χ2v) is 5.45. The van der Waals surface area contributed by atoms with Gasteiger partial charge in [0.15, 0.2) is 0 Å². The molecule has 1 fully saturated rings. The summed E-state index contributed by atoms with van der Waals surface area (Å²) in [6.45, 7) is 6.58. The van der Waals surface area contributed by atoms with Crippen LogP contribution >= 0.6 is 0 Å². The molecule has 1 N–H and O–H groups in total. The number of amides is 1. The molecule has 0 saturated carbocycles. The highest BCUT2D eigenvalue weighted by Gasteiger charge is 2.31. The zero-order valence-electron chi connectivity index (χ0n) is 10.6. The van der Waals surface area contributed by atoms with Crippen molar-refractivity contribution in [2.24, 2.45) is 5.41 Å². The molecule has 0 aromatic heterocycles. The third-order valence-corrected chi connectivity index (χ3v) is 3.25. The van der Waals surface area contributed by atoms with Crippen LogP contribution in [0.15, 0.2) is 30.3 Å². The average molecular weight is 232 g/mol. The fourth-order valence-electron chi connectivity index (χ4n) is 2.17. The monoisotopic (exact) mass is 232 g/mol. The van der Waals surface area contributed by atoms with Crippen LogP contribution in [0.25, 0.3) is 0 Å². The van der Waals surface area contributed by atoms with Crippen molar-refractivity contribution in [1.29, 1.82) is 0 Å². The summed E-state index contributed by atoms with van der Waals surface area (Å²) in [5.74, 6) is 0.194. The Morgan fingerprint density at radius 1 is 1.35 bits per heavy atom. The summed E-state index contributed by atoms with van der Waals surface area (Å²) < 4.78 is 0. The van der Waals surface area contributed by atoms with Gasteiger partial charge in [-0.05, 0) is 24.0 Å². The van der Waals surface area contributed by atoms with E-state index in [1.54, 1.807) is 0 Å². The zero-order valence-corrected chi connectivity index (χ0v) is 10.6. The van der Waals surface area contributed by atoms with Gasteiger partial charge in [0.25, 0.3) is 0 Å². The Bertz CT molecular complexity index is 386. The number of anilines is 1. The first kappa shape index (κ1) is 12.0. The molecular weight excluding hydrogens is 212 g/mol. The summed E-state index contributed by atoms with van der Waals surface area (Å²) in [7, 11) is 0. The molecule has 1 aromatic rings. The van der Waals surface area contributed by atoms with Crippen LogP contribution in [0.5, 0.6) is 0 Å². The van der Waals surface area contributed by atoms with Gasteiger partial charge in [0, 0.05) is 18.8 Å². The molecule has 3 nitrogen and oxygen atoms in total. The van der Waals surface area contributed by atoms with E-state index in [-0.39, 0.29) is 11.3 Å². The van der Waals surface area contributed by atoms with Crippen molar-refractivity contribution in [3.63, 3.8) is 0 Å². The molecule has 1 aliphatic rings. The number of benzene rings is 1. The molecule has 0 bridgehead atoms. The van der Waals surface area contributed by atoms with E-state index >= 15 is 0 Å². The second-order valence-electron chi connectivity index (χ2n) is 5.45. The molecule has 3 heteroatoms. The molecule has 2 rings (SSSR count). The Hall–Kier alpha value is -1.51. The lowest BCUT2D eigenvalue weighted by Gasteiger charge is -2.20. The quantitative estimate of drug-likeness (QED) is 0.867. The third-order valence-electron chi connectivity index (χ3n) is 3.25. The van der Waals surface area contributed by atoms with E-state index in [0.717, 1.165) is 25.2 Å². The highest BCUT2D eigenvalue weighted by atomic mass is 16.2. The fraction of sp³-hybridized carbons (Fsp3) is 0.500. The Kier molecular flexibility index (Phi) is 3.36. The van der Waals surface area contributed by atoms with Crippen molar-refractivity contribution in [3.05, 3.63) is 30.3 Å². The lowest BCUT2D eigenvalue weighted by molar-refractivity contribution is -0.128. The Morgan fingerprint density at radius 2 is 2.06 bits per heavy atom. The summed E-state index contributed by atoms with van der Waals surface area (Å²) in [6.07, 6.45) is 1.10. The van der Waals surface area contributed by atoms with Crippen LogP contribution in [0.2, 0.25) is 0 Å². The number of carbonyl (C=O) groups is 1. The van der Waals surface area contributed by atoms with E-state index in [9.17, 15) is 4.79 Å². The van der Waals surface area contributed by atoms with Gasteiger partial charge < -0.3 is 10.2 Å². The van der Waals surface area contributed by atoms with Gasteiger partial charge in [-0.1, -0.05) is 32.0 Å². The van der Waals surface area contributed by atoms with Crippen LogP contribution in [-0.2, 0) is 4.79 Å². The number of likely N-dealkylation sites (tertiary alicyclic amines) is 1. The fourth-order valence-corrected chi connectivity index (χ4v) is 2.17. The summed E-state index contributed by atoms with van der Waals surface area (Å²) >= 11 is 0. The largest absolute Gasteiger partial charge is 0.376 e. The third kappa shape index (κ3) is 3.22. The highest BCUT2D eigenvalue weighted by molar-refractivity contribution is 5.81. The molecule has 1 aromatic carbocycles. The van der Waals surface area contributed by atoms with Gasteiger partial charge in [0.1, 0.15) is 0 Å². The second kappa shape index (κ2) is 4.78. The number of carbonyl (C=O) groups excluding carboxylic acids is 1. The minimum Gasteiger partial charge on any atom is -0.376 e. The average Bonchev–Trinajstić information content (AvgIpc) is 2.68. The first-order chi connectivity index (χ1) is 8.07. The number of hydrogen-bond acceptors (Lipinski definition) is 2. The number of rotatable bonds is 3. The van der Waals surface area contributed by atoms with Crippen LogP contribution in [0.3, 0.4) is 0 Å². The van der Waals surface area contributed by atoms with E-state index in [1.165, 1.54) is 0 Å². The van der Waals surface area contributed by atoms with Gasteiger partial charge in [-0.25, -0.2) is 0 Å². The molecule has 1 aliphatic heterocycles. The molecule has 0 aliphatic carbocycles. The van der Waals surface area contributed by atoms with Gasteiger partial charge >= 0.3 is 0 Å². The first-order valence-electron chi connectivity index (χ1n) is 6.14. The van der Waals surface area contributed by atoms with Crippen LogP contribution in [0, 0.1) is 5.41 Å². The lowest BCUT2D eigenvalue weighted by Crippen LogP contribution is -2.34. The highest BCUT2D eigenvalue weighted by Crippen LogP contribution is 2.28. The van der Waals surface area contributed by atoms with E-state index in [0.29, 0.717) is 6.54 Å². The number of para-hydroxylation sites is 1. The molecule has 0 atom stereocenters. The van der Waals surface area contributed by atoms with Crippen molar-refractivity contribution in [2.75, 3.05) is 25.0 Å². The predicted octanol–water partition coefficient (Wildman–Crippen LogP) is 2.36. The smallest absolute Gasteiger partial charge is 0.241 e. The Morgan fingerprint density at radius 3 is 2.65 bits per heavy atom. The molecule has 92 valence electrons. The molecule has 17 heavy (non-hydrogen) atoms. The Balaban J connectivity index is 1.83. The van der Waals surface area contributed by atoms with Crippen molar-refractivity contribution in [1.82, 2.24) is 4.90 Å². The zero-order chi connectivity index (χ0) is 12.3. The SMILES string of the molecule is CC1(C)CCN(C(=O)CNc2ccccc2)C1. The molecule has 1 amide bonds. The molecule has 0 unspecified atom stereocenters. The molecular formula is C14H20N2O. The predicted molar refractivity (Wildman–Crippen MR) is 69.9 cm³/mol. The molecule has 1 saturated heterocycles. The maximum Gasteiger partial charge on any atom is 0.241 e. The van der Waals surface area contributed by atoms with E-state index in [1.807, 2.05) is 35.2 Å². The summed E-state index contributed by atoms with van der Waals surface area (Å²) in [6, 6.07) is 9.84. The van der Waals surface area contributed by atoms with Gasteiger partial charge in [-0.15, -0.1) is 0 Å². The van der Waals surface area contributed by atoms with E-state index in [4.69, 9.17) is 0 Å².